The Hall–Kier alpha value is -2.60. The van der Waals surface area contributed by atoms with Crippen LogP contribution in [0.5, 0.6) is 0 Å². The molecule has 7 heteroatoms. The van der Waals surface area contributed by atoms with E-state index >= 15 is 0 Å². The molecule has 0 aliphatic rings. The molecule has 0 fully saturated rings. The Balaban J connectivity index is 1.91. The van der Waals surface area contributed by atoms with Gasteiger partial charge >= 0.3 is 12.1 Å². The minimum absolute atomic E-state index is 0.0589. The Bertz CT molecular complexity index is 679. The number of carbonyl (C=O) groups excluding carboxylic acids is 1. The van der Waals surface area contributed by atoms with E-state index in [1.807, 2.05) is 18.2 Å². The number of alkyl carbamates (subject to hydrolysis) is 1. The number of carboxylic acids is 1. The molecule has 1 atom stereocenters. The van der Waals surface area contributed by atoms with Crippen molar-refractivity contribution in [2.45, 2.75) is 19.1 Å². The fraction of sp³-hybridized carbons (Fsp3) is 0.188. The van der Waals surface area contributed by atoms with Gasteiger partial charge in [0.2, 0.25) is 0 Å². The van der Waals surface area contributed by atoms with Gasteiger partial charge in [-0.2, -0.15) is 0 Å². The van der Waals surface area contributed by atoms with Crippen molar-refractivity contribution < 1.29 is 19.4 Å². The average molecular weight is 335 g/mol. The number of hydrogen-bond acceptors (Lipinski definition) is 4. The van der Waals surface area contributed by atoms with E-state index in [-0.39, 0.29) is 13.0 Å². The zero-order valence-corrected chi connectivity index (χ0v) is 12.9. The van der Waals surface area contributed by atoms with Crippen LogP contribution in [0.3, 0.4) is 0 Å². The van der Waals surface area contributed by atoms with E-state index in [2.05, 4.69) is 10.3 Å². The molecule has 1 aromatic heterocycles. The number of pyridine rings is 1. The number of aromatic nitrogens is 1. The molecule has 2 N–H and O–H groups in total. The highest BCUT2D eigenvalue weighted by molar-refractivity contribution is 6.30. The van der Waals surface area contributed by atoms with Gasteiger partial charge in [-0.1, -0.05) is 41.9 Å². The van der Waals surface area contributed by atoms with Gasteiger partial charge in [-0.05, 0) is 17.2 Å². The van der Waals surface area contributed by atoms with Crippen molar-refractivity contribution in [2.75, 3.05) is 0 Å². The van der Waals surface area contributed by atoms with Gasteiger partial charge in [0, 0.05) is 18.8 Å². The minimum atomic E-state index is -1.17. The zero-order valence-electron chi connectivity index (χ0n) is 12.1. The molecule has 6 nitrogen and oxygen atoms in total. The number of carbonyl (C=O) groups is 2. The Morgan fingerprint density at radius 2 is 1.96 bits per heavy atom. The summed E-state index contributed by atoms with van der Waals surface area (Å²) >= 11 is 5.81. The average Bonchev–Trinajstić information content (AvgIpc) is 2.53. The first-order chi connectivity index (χ1) is 11.0. The molecule has 23 heavy (non-hydrogen) atoms. The number of carboxylic acid groups (broad SMARTS) is 1. The summed E-state index contributed by atoms with van der Waals surface area (Å²) in [7, 11) is 0. The fourth-order valence-electron chi connectivity index (χ4n) is 1.91. The summed E-state index contributed by atoms with van der Waals surface area (Å²) in [4.78, 5) is 26.9. The summed E-state index contributed by atoms with van der Waals surface area (Å²) < 4.78 is 5.02. The third-order valence-electron chi connectivity index (χ3n) is 3.00. The standard InChI is InChI=1S/C16H15ClN2O4/c17-13-6-12(8-18-9-13)7-14(15(20)21)19-16(22)23-10-11-4-2-1-3-5-11/h1-6,8-9,14H,7,10H2,(H,19,22)(H,20,21). The van der Waals surface area contributed by atoms with Crippen LogP contribution in [-0.4, -0.2) is 28.2 Å². The number of aliphatic carboxylic acids is 1. The lowest BCUT2D eigenvalue weighted by Gasteiger charge is -2.14. The van der Waals surface area contributed by atoms with Gasteiger partial charge < -0.3 is 15.2 Å². The number of nitrogens with zero attached hydrogens (tertiary/aromatic N) is 1. The maximum atomic E-state index is 11.8. The molecular formula is C16H15ClN2O4. The normalized spacial score (nSPS) is 11.5. The summed E-state index contributed by atoms with van der Waals surface area (Å²) in [5.41, 5.74) is 1.42. The van der Waals surface area contributed by atoms with Gasteiger partial charge in [0.1, 0.15) is 12.6 Å². The SMILES string of the molecule is O=C(NC(Cc1cncc(Cl)c1)C(=O)O)OCc1ccccc1. The molecule has 2 aromatic rings. The summed E-state index contributed by atoms with van der Waals surface area (Å²) in [5.74, 6) is -1.17. The molecule has 0 saturated carbocycles. The van der Waals surface area contributed by atoms with Gasteiger partial charge in [-0.15, -0.1) is 0 Å². The molecule has 0 saturated heterocycles. The van der Waals surface area contributed by atoms with Gasteiger partial charge in [-0.3, -0.25) is 4.98 Å². The summed E-state index contributed by atoms with van der Waals surface area (Å²) in [5, 5.41) is 11.9. The number of nitrogens with one attached hydrogen (secondary N) is 1. The van der Waals surface area contributed by atoms with Crippen molar-refractivity contribution in [2.24, 2.45) is 0 Å². The van der Waals surface area contributed by atoms with Crippen molar-refractivity contribution in [3.8, 4) is 0 Å². The Labute approximate surface area is 138 Å². The van der Waals surface area contributed by atoms with Crippen molar-refractivity contribution >= 4 is 23.7 Å². The summed E-state index contributed by atoms with van der Waals surface area (Å²) in [6.45, 7) is 0.0672. The van der Waals surface area contributed by atoms with Crippen LogP contribution in [0, 0.1) is 0 Å². The minimum Gasteiger partial charge on any atom is -0.480 e. The van der Waals surface area contributed by atoms with Crippen molar-refractivity contribution in [1.29, 1.82) is 0 Å². The van der Waals surface area contributed by atoms with E-state index < -0.39 is 18.1 Å². The van der Waals surface area contributed by atoms with Crippen LogP contribution in [0.4, 0.5) is 4.79 Å². The first-order valence-electron chi connectivity index (χ1n) is 6.84. The first kappa shape index (κ1) is 16.8. The molecule has 1 heterocycles. The Morgan fingerprint density at radius 3 is 2.61 bits per heavy atom. The summed E-state index contributed by atoms with van der Waals surface area (Å²) in [6, 6.07) is 9.58. The van der Waals surface area contributed by atoms with E-state index in [0.717, 1.165) is 5.56 Å². The highest BCUT2D eigenvalue weighted by Gasteiger charge is 2.21. The van der Waals surface area contributed by atoms with E-state index in [1.165, 1.54) is 12.4 Å². The van der Waals surface area contributed by atoms with E-state index in [9.17, 15) is 14.7 Å². The molecule has 1 unspecified atom stereocenters. The number of ether oxygens (including phenoxy) is 1. The lowest BCUT2D eigenvalue weighted by atomic mass is 10.1. The maximum absolute atomic E-state index is 11.8. The lowest BCUT2D eigenvalue weighted by molar-refractivity contribution is -0.139. The quantitative estimate of drug-likeness (QED) is 0.847. The molecule has 0 aliphatic carbocycles. The molecule has 120 valence electrons. The van der Waals surface area contributed by atoms with Crippen LogP contribution < -0.4 is 5.32 Å². The van der Waals surface area contributed by atoms with E-state index in [4.69, 9.17) is 16.3 Å². The van der Waals surface area contributed by atoms with Crippen molar-refractivity contribution in [1.82, 2.24) is 10.3 Å². The molecule has 0 bridgehead atoms. The highest BCUT2D eigenvalue weighted by atomic mass is 35.5. The lowest BCUT2D eigenvalue weighted by Crippen LogP contribution is -2.42. The smallest absolute Gasteiger partial charge is 0.408 e. The van der Waals surface area contributed by atoms with Crippen molar-refractivity contribution in [3.05, 3.63) is 64.9 Å². The topological polar surface area (TPSA) is 88.5 Å². The third kappa shape index (κ3) is 5.60. The number of rotatable bonds is 6. The Morgan fingerprint density at radius 1 is 1.22 bits per heavy atom. The molecule has 1 aromatic carbocycles. The second-order valence-electron chi connectivity index (χ2n) is 4.81. The van der Waals surface area contributed by atoms with Gasteiger partial charge in [0.15, 0.2) is 0 Å². The van der Waals surface area contributed by atoms with E-state index in [0.29, 0.717) is 10.6 Å². The van der Waals surface area contributed by atoms with Crippen LogP contribution in [0.25, 0.3) is 0 Å². The highest BCUT2D eigenvalue weighted by Crippen LogP contribution is 2.10. The Kier molecular flexibility index (Phi) is 5.94. The second kappa shape index (κ2) is 8.14. The number of amides is 1. The predicted octanol–water partition coefficient (Wildman–Crippen LogP) is 2.66. The molecule has 0 aliphatic heterocycles. The number of halogens is 1. The monoisotopic (exact) mass is 334 g/mol. The van der Waals surface area contributed by atoms with Gasteiger partial charge in [-0.25, -0.2) is 9.59 Å². The third-order valence-corrected chi connectivity index (χ3v) is 3.21. The number of benzene rings is 1. The van der Waals surface area contributed by atoms with Gasteiger partial charge in [0.05, 0.1) is 5.02 Å². The second-order valence-corrected chi connectivity index (χ2v) is 5.25. The zero-order chi connectivity index (χ0) is 16.7. The molecule has 0 spiro atoms. The van der Waals surface area contributed by atoms with Crippen LogP contribution in [0.2, 0.25) is 5.02 Å². The van der Waals surface area contributed by atoms with Crippen molar-refractivity contribution in [3.63, 3.8) is 0 Å². The van der Waals surface area contributed by atoms with Crippen LogP contribution in [-0.2, 0) is 22.6 Å². The largest absolute Gasteiger partial charge is 0.480 e. The predicted molar refractivity (Wildman–Crippen MR) is 84.1 cm³/mol. The maximum Gasteiger partial charge on any atom is 0.408 e. The fourth-order valence-corrected chi connectivity index (χ4v) is 2.11. The van der Waals surface area contributed by atoms with Gasteiger partial charge in [0.25, 0.3) is 0 Å². The summed E-state index contributed by atoms with van der Waals surface area (Å²) in [6.07, 6.45) is 2.21. The van der Waals surface area contributed by atoms with Crippen LogP contribution in [0.15, 0.2) is 48.8 Å². The molecule has 0 radical (unpaired) electrons. The van der Waals surface area contributed by atoms with E-state index in [1.54, 1.807) is 18.2 Å². The first-order valence-corrected chi connectivity index (χ1v) is 7.22. The molecular weight excluding hydrogens is 320 g/mol. The van der Waals surface area contributed by atoms with Crippen LogP contribution in [0.1, 0.15) is 11.1 Å². The van der Waals surface area contributed by atoms with Crippen LogP contribution >= 0.6 is 11.6 Å². The molecule has 2 rings (SSSR count). The number of hydrogen-bond donors (Lipinski definition) is 2. The molecule has 1 amide bonds.